The van der Waals surface area contributed by atoms with Gasteiger partial charge in [0.05, 0.1) is 0 Å². The van der Waals surface area contributed by atoms with Gasteiger partial charge in [0, 0.05) is 20.7 Å². The van der Waals surface area contributed by atoms with Crippen LogP contribution in [0, 0.1) is 5.41 Å². The Bertz CT molecular complexity index is 361. The standard InChI is InChI=1S/C13H18BrNS/c1-13(2)8-7-11(12(13)15)16-10-5-3-9(14)4-6-10/h3-6,11-12H,7-8,15H2,1-2H3. The SMILES string of the molecule is CC1(C)CCC(Sc2ccc(Br)cc2)C1N. The quantitative estimate of drug-likeness (QED) is 0.891. The van der Waals surface area contributed by atoms with Gasteiger partial charge in [-0.1, -0.05) is 29.8 Å². The largest absolute Gasteiger partial charge is 0.326 e. The maximum absolute atomic E-state index is 6.30. The first kappa shape index (κ1) is 12.5. The first-order valence-electron chi connectivity index (χ1n) is 5.67. The van der Waals surface area contributed by atoms with Gasteiger partial charge in [-0.15, -0.1) is 11.8 Å². The fourth-order valence-corrected chi connectivity index (χ4v) is 3.84. The van der Waals surface area contributed by atoms with Crippen molar-refractivity contribution in [2.75, 3.05) is 0 Å². The highest BCUT2D eigenvalue weighted by molar-refractivity contribution is 9.10. The van der Waals surface area contributed by atoms with E-state index in [9.17, 15) is 0 Å². The molecule has 2 atom stereocenters. The molecule has 2 unspecified atom stereocenters. The minimum atomic E-state index is 0.299. The average molecular weight is 300 g/mol. The topological polar surface area (TPSA) is 26.0 Å². The van der Waals surface area contributed by atoms with Crippen molar-refractivity contribution in [1.29, 1.82) is 0 Å². The van der Waals surface area contributed by atoms with E-state index in [1.165, 1.54) is 17.7 Å². The van der Waals surface area contributed by atoms with Crippen molar-refractivity contribution in [3.05, 3.63) is 28.7 Å². The van der Waals surface area contributed by atoms with Gasteiger partial charge in [-0.25, -0.2) is 0 Å². The monoisotopic (exact) mass is 299 g/mol. The Morgan fingerprint density at radius 1 is 1.31 bits per heavy atom. The minimum absolute atomic E-state index is 0.299. The van der Waals surface area contributed by atoms with Gasteiger partial charge >= 0.3 is 0 Å². The zero-order chi connectivity index (χ0) is 11.8. The highest BCUT2D eigenvalue weighted by atomic mass is 79.9. The Morgan fingerprint density at radius 3 is 2.44 bits per heavy atom. The summed E-state index contributed by atoms with van der Waals surface area (Å²) in [6.45, 7) is 4.56. The molecule has 1 fully saturated rings. The summed E-state index contributed by atoms with van der Waals surface area (Å²) < 4.78 is 1.13. The first-order valence-corrected chi connectivity index (χ1v) is 7.34. The second-order valence-electron chi connectivity index (χ2n) is 5.16. The van der Waals surface area contributed by atoms with E-state index < -0.39 is 0 Å². The Hall–Kier alpha value is 0.01000. The molecular weight excluding hydrogens is 282 g/mol. The molecule has 1 nitrogen and oxygen atoms in total. The second-order valence-corrected chi connectivity index (χ2v) is 7.39. The maximum Gasteiger partial charge on any atom is 0.0251 e. The third-order valence-electron chi connectivity index (χ3n) is 3.48. The van der Waals surface area contributed by atoms with E-state index in [4.69, 9.17) is 5.73 Å². The fourth-order valence-electron chi connectivity index (χ4n) is 2.18. The molecule has 1 aromatic carbocycles. The Morgan fingerprint density at radius 2 is 1.94 bits per heavy atom. The van der Waals surface area contributed by atoms with E-state index in [0.717, 1.165) is 4.47 Å². The summed E-state index contributed by atoms with van der Waals surface area (Å²) in [7, 11) is 0. The lowest BCUT2D eigenvalue weighted by molar-refractivity contribution is 0.334. The van der Waals surface area contributed by atoms with Gasteiger partial charge in [0.2, 0.25) is 0 Å². The first-order chi connectivity index (χ1) is 7.49. The molecule has 3 heteroatoms. The van der Waals surface area contributed by atoms with Crippen LogP contribution in [-0.2, 0) is 0 Å². The summed E-state index contributed by atoms with van der Waals surface area (Å²) in [6, 6.07) is 8.81. The molecule has 2 N–H and O–H groups in total. The molecule has 1 saturated carbocycles. The van der Waals surface area contributed by atoms with Gasteiger partial charge < -0.3 is 5.73 Å². The van der Waals surface area contributed by atoms with Crippen molar-refractivity contribution < 1.29 is 0 Å². The van der Waals surface area contributed by atoms with E-state index in [2.05, 4.69) is 54.0 Å². The third-order valence-corrected chi connectivity index (χ3v) is 5.38. The summed E-state index contributed by atoms with van der Waals surface area (Å²) >= 11 is 5.38. The number of benzene rings is 1. The lowest BCUT2D eigenvalue weighted by Crippen LogP contribution is -2.38. The molecule has 1 aliphatic carbocycles. The van der Waals surface area contributed by atoms with Gasteiger partial charge in [0.15, 0.2) is 0 Å². The van der Waals surface area contributed by atoms with Crippen LogP contribution >= 0.6 is 27.7 Å². The molecule has 0 amide bonds. The van der Waals surface area contributed by atoms with Crippen LogP contribution < -0.4 is 5.73 Å². The van der Waals surface area contributed by atoms with Crippen molar-refractivity contribution in [1.82, 2.24) is 0 Å². The number of thioether (sulfide) groups is 1. The predicted octanol–water partition coefficient (Wildman–Crippen LogP) is 4.06. The predicted molar refractivity (Wildman–Crippen MR) is 74.8 cm³/mol. The lowest BCUT2D eigenvalue weighted by Gasteiger charge is -2.26. The van der Waals surface area contributed by atoms with Crippen LogP contribution in [0.3, 0.4) is 0 Å². The third kappa shape index (κ3) is 2.63. The van der Waals surface area contributed by atoms with Gasteiger partial charge in [0.1, 0.15) is 0 Å². The molecule has 0 aliphatic heterocycles. The molecule has 0 bridgehead atoms. The highest BCUT2D eigenvalue weighted by Gasteiger charge is 2.39. The smallest absolute Gasteiger partial charge is 0.0251 e. The summed E-state index contributed by atoms with van der Waals surface area (Å²) in [5.74, 6) is 0. The Balaban J connectivity index is 2.04. The summed E-state index contributed by atoms with van der Waals surface area (Å²) in [5.41, 5.74) is 6.60. The van der Waals surface area contributed by atoms with E-state index in [-0.39, 0.29) is 0 Å². The molecule has 88 valence electrons. The van der Waals surface area contributed by atoms with E-state index in [1.807, 2.05) is 11.8 Å². The minimum Gasteiger partial charge on any atom is -0.326 e. The Kier molecular flexibility index (Phi) is 3.67. The molecule has 1 aliphatic rings. The van der Waals surface area contributed by atoms with Crippen LogP contribution in [0.2, 0.25) is 0 Å². The molecule has 0 heterocycles. The van der Waals surface area contributed by atoms with Crippen molar-refractivity contribution in [3.63, 3.8) is 0 Å². The summed E-state index contributed by atoms with van der Waals surface area (Å²) in [6.07, 6.45) is 2.47. The molecule has 0 radical (unpaired) electrons. The number of rotatable bonds is 2. The van der Waals surface area contributed by atoms with Crippen LogP contribution in [0.4, 0.5) is 0 Å². The lowest BCUT2D eigenvalue weighted by atomic mass is 9.88. The average Bonchev–Trinajstić information content (AvgIpc) is 2.49. The van der Waals surface area contributed by atoms with Gasteiger partial charge in [-0.3, -0.25) is 0 Å². The molecular formula is C13H18BrNS. The number of hydrogen-bond donors (Lipinski definition) is 1. The van der Waals surface area contributed by atoms with Gasteiger partial charge in [0.25, 0.3) is 0 Å². The zero-order valence-corrected chi connectivity index (χ0v) is 12.1. The van der Waals surface area contributed by atoms with Gasteiger partial charge in [-0.2, -0.15) is 0 Å². The van der Waals surface area contributed by atoms with Crippen molar-refractivity contribution in [2.24, 2.45) is 11.1 Å². The summed E-state index contributed by atoms with van der Waals surface area (Å²) in [5, 5.41) is 0.566. The Labute approximate surface area is 110 Å². The van der Waals surface area contributed by atoms with Gasteiger partial charge in [-0.05, 0) is 42.5 Å². The normalized spacial score (nSPS) is 28.2. The summed E-state index contributed by atoms with van der Waals surface area (Å²) in [4.78, 5) is 1.32. The number of nitrogens with two attached hydrogens (primary N) is 1. The van der Waals surface area contributed by atoms with E-state index >= 15 is 0 Å². The van der Waals surface area contributed by atoms with E-state index in [0.29, 0.717) is 16.7 Å². The van der Waals surface area contributed by atoms with Crippen LogP contribution in [0.1, 0.15) is 26.7 Å². The highest BCUT2D eigenvalue weighted by Crippen LogP contribution is 2.43. The van der Waals surface area contributed by atoms with Crippen LogP contribution in [0.5, 0.6) is 0 Å². The fraction of sp³-hybridized carbons (Fsp3) is 0.538. The molecule has 1 aromatic rings. The molecule has 0 aromatic heterocycles. The van der Waals surface area contributed by atoms with Crippen LogP contribution in [0.25, 0.3) is 0 Å². The second kappa shape index (κ2) is 4.71. The number of hydrogen-bond acceptors (Lipinski definition) is 2. The molecule has 2 rings (SSSR count). The van der Waals surface area contributed by atoms with Crippen molar-refractivity contribution in [3.8, 4) is 0 Å². The van der Waals surface area contributed by atoms with Crippen molar-refractivity contribution in [2.45, 2.75) is 42.9 Å². The molecule has 0 saturated heterocycles. The molecule has 16 heavy (non-hydrogen) atoms. The number of halogens is 1. The molecule has 0 spiro atoms. The maximum atomic E-state index is 6.30. The van der Waals surface area contributed by atoms with Crippen LogP contribution in [0.15, 0.2) is 33.6 Å². The zero-order valence-electron chi connectivity index (χ0n) is 9.74. The van der Waals surface area contributed by atoms with E-state index in [1.54, 1.807) is 0 Å². The van der Waals surface area contributed by atoms with Crippen LogP contribution in [-0.4, -0.2) is 11.3 Å². The van der Waals surface area contributed by atoms with Crippen molar-refractivity contribution >= 4 is 27.7 Å².